The first-order valence-electron chi connectivity index (χ1n) is 5.92. The average molecular weight is 269 g/mol. The molecule has 1 heterocycles. The van der Waals surface area contributed by atoms with Crippen molar-refractivity contribution in [2.24, 2.45) is 5.92 Å². The lowest BCUT2D eigenvalue weighted by Gasteiger charge is -2.16. The molecule has 1 fully saturated rings. The molecule has 2 rings (SSSR count). The summed E-state index contributed by atoms with van der Waals surface area (Å²) < 4.78 is 26.3. The van der Waals surface area contributed by atoms with Crippen molar-refractivity contribution in [2.75, 3.05) is 13.1 Å². The van der Waals surface area contributed by atoms with Gasteiger partial charge in [0.25, 0.3) is 0 Å². The lowest BCUT2D eigenvalue weighted by atomic mass is 10.1. The Labute approximate surface area is 108 Å². The summed E-state index contributed by atoms with van der Waals surface area (Å²) in [7, 11) is 0. The van der Waals surface area contributed by atoms with Crippen molar-refractivity contribution >= 4 is 11.9 Å². The second kappa shape index (κ2) is 5.34. The molecule has 6 heteroatoms. The topological polar surface area (TPSA) is 57.6 Å². The van der Waals surface area contributed by atoms with Crippen LogP contribution in [-0.4, -0.2) is 35.0 Å². The zero-order chi connectivity index (χ0) is 14.0. The SMILES string of the molecule is O=C(O)C1CC(=O)N(CCc2cc(F)ccc2F)C1. The Hall–Kier alpha value is -1.98. The maximum absolute atomic E-state index is 13.4. The van der Waals surface area contributed by atoms with Gasteiger partial charge < -0.3 is 10.0 Å². The number of carbonyl (C=O) groups excluding carboxylic acids is 1. The van der Waals surface area contributed by atoms with Crippen LogP contribution in [0, 0.1) is 17.6 Å². The predicted octanol–water partition coefficient (Wildman–Crippen LogP) is 1.44. The molecule has 4 nitrogen and oxygen atoms in total. The van der Waals surface area contributed by atoms with Gasteiger partial charge >= 0.3 is 5.97 Å². The summed E-state index contributed by atoms with van der Waals surface area (Å²) in [6.07, 6.45) is 0.142. The highest BCUT2D eigenvalue weighted by atomic mass is 19.1. The zero-order valence-corrected chi connectivity index (χ0v) is 10.1. The number of aliphatic carboxylic acids is 1. The number of amides is 1. The number of hydrogen-bond donors (Lipinski definition) is 1. The third-order valence-electron chi connectivity index (χ3n) is 3.22. The van der Waals surface area contributed by atoms with Crippen molar-refractivity contribution < 1.29 is 23.5 Å². The molecule has 0 aromatic heterocycles. The Morgan fingerprint density at radius 1 is 1.42 bits per heavy atom. The number of nitrogens with zero attached hydrogens (tertiary/aromatic N) is 1. The van der Waals surface area contributed by atoms with Crippen LogP contribution in [0.3, 0.4) is 0 Å². The van der Waals surface area contributed by atoms with Crippen LogP contribution in [0.1, 0.15) is 12.0 Å². The number of halogens is 2. The minimum Gasteiger partial charge on any atom is -0.481 e. The van der Waals surface area contributed by atoms with Gasteiger partial charge in [0, 0.05) is 19.5 Å². The molecule has 0 bridgehead atoms. The summed E-state index contributed by atoms with van der Waals surface area (Å²) >= 11 is 0. The van der Waals surface area contributed by atoms with Crippen LogP contribution >= 0.6 is 0 Å². The van der Waals surface area contributed by atoms with Crippen molar-refractivity contribution in [2.45, 2.75) is 12.8 Å². The van der Waals surface area contributed by atoms with Gasteiger partial charge in [-0.3, -0.25) is 9.59 Å². The first-order chi connectivity index (χ1) is 8.97. The number of carbonyl (C=O) groups is 2. The molecule has 0 saturated carbocycles. The summed E-state index contributed by atoms with van der Waals surface area (Å²) in [5.74, 6) is -3.03. The van der Waals surface area contributed by atoms with E-state index in [-0.39, 0.29) is 37.4 Å². The van der Waals surface area contributed by atoms with Crippen LogP contribution in [0.15, 0.2) is 18.2 Å². The first-order valence-corrected chi connectivity index (χ1v) is 5.92. The van der Waals surface area contributed by atoms with Crippen LogP contribution in [0.2, 0.25) is 0 Å². The van der Waals surface area contributed by atoms with Crippen LogP contribution in [-0.2, 0) is 16.0 Å². The summed E-state index contributed by atoms with van der Waals surface area (Å²) in [5, 5.41) is 8.83. The maximum Gasteiger partial charge on any atom is 0.308 e. The number of carboxylic acid groups (broad SMARTS) is 1. The number of benzene rings is 1. The van der Waals surface area contributed by atoms with Crippen molar-refractivity contribution in [3.63, 3.8) is 0 Å². The number of hydrogen-bond acceptors (Lipinski definition) is 2. The van der Waals surface area contributed by atoms with Gasteiger partial charge in [-0.25, -0.2) is 8.78 Å². The van der Waals surface area contributed by atoms with E-state index in [1.807, 2.05) is 0 Å². The highest BCUT2D eigenvalue weighted by Gasteiger charge is 2.33. The third-order valence-corrected chi connectivity index (χ3v) is 3.22. The normalized spacial score (nSPS) is 18.9. The van der Waals surface area contributed by atoms with E-state index in [0.717, 1.165) is 18.2 Å². The molecule has 19 heavy (non-hydrogen) atoms. The molecule has 1 aliphatic heterocycles. The fourth-order valence-corrected chi connectivity index (χ4v) is 2.14. The number of rotatable bonds is 4. The molecule has 102 valence electrons. The Bertz CT molecular complexity index is 519. The minimum atomic E-state index is -1.01. The van der Waals surface area contributed by atoms with Crippen LogP contribution in [0.25, 0.3) is 0 Å². The average Bonchev–Trinajstić information content (AvgIpc) is 2.72. The zero-order valence-electron chi connectivity index (χ0n) is 10.1. The van der Waals surface area contributed by atoms with E-state index in [1.54, 1.807) is 0 Å². The van der Waals surface area contributed by atoms with Gasteiger partial charge in [0.05, 0.1) is 5.92 Å². The van der Waals surface area contributed by atoms with E-state index in [2.05, 4.69) is 0 Å². The third kappa shape index (κ3) is 3.07. The minimum absolute atomic E-state index is 0.0268. The van der Waals surface area contributed by atoms with E-state index < -0.39 is 23.5 Å². The molecular formula is C13H13F2NO3. The van der Waals surface area contributed by atoms with Crippen molar-refractivity contribution in [1.29, 1.82) is 0 Å². The van der Waals surface area contributed by atoms with Crippen LogP contribution < -0.4 is 0 Å². The van der Waals surface area contributed by atoms with Gasteiger partial charge in [-0.2, -0.15) is 0 Å². The monoisotopic (exact) mass is 269 g/mol. The van der Waals surface area contributed by atoms with Gasteiger partial charge in [0.15, 0.2) is 0 Å². The van der Waals surface area contributed by atoms with Gasteiger partial charge in [0.1, 0.15) is 11.6 Å². The van der Waals surface area contributed by atoms with Crippen molar-refractivity contribution in [3.8, 4) is 0 Å². The predicted molar refractivity (Wildman–Crippen MR) is 62.4 cm³/mol. The second-order valence-electron chi connectivity index (χ2n) is 4.56. The molecule has 0 spiro atoms. The molecule has 1 atom stereocenters. The van der Waals surface area contributed by atoms with E-state index in [9.17, 15) is 18.4 Å². The summed E-state index contributed by atoms with van der Waals surface area (Å²) in [5.41, 5.74) is 0.187. The molecule has 1 unspecified atom stereocenters. The van der Waals surface area contributed by atoms with E-state index in [0.29, 0.717) is 0 Å². The molecule has 1 aromatic carbocycles. The fourth-order valence-electron chi connectivity index (χ4n) is 2.14. The Morgan fingerprint density at radius 2 is 2.16 bits per heavy atom. The molecule has 1 saturated heterocycles. The summed E-state index contributed by atoms with van der Waals surface area (Å²) in [6.45, 7) is 0.327. The largest absolute Gasteiger partial charge is 0.481 e. The second-order valence-corrected chi connectivity index (χ2v) is 4.56. The van der Waals surface area contributed by atoms with Gasteiger partial charge in [0.2, 0.25) is 5.91 Å². The summed E-state index contributed by atoms with van der Waals surface area (Å²) in [6, 6.07) is 3.15. The molecule has 0 radical (unpaired) electrons. The van der Waals surface area contributed by atoms with Gasteiger partial charge in [-0.15, -0.1) is 0 Å². The molecule has 1 aliphatic rings. The van der Waals surface area contributed by atoms with Gasteiger partial charge in [-0.05, 0) is 30.2 Å². The lowest BCUT2D eigenvalue weighted by Crippen LogP contribution is -2.28. The summed E-state index contributed by atoms with van der Waals surface area (Å²) in [4.78, 5) is 23.7. The van der Waals surface area contributed by atoms with Gasteiger partial charge in [-0.1, -0.05) is 0 Å². The van der Waals surface area contributed by atoms with Crippen molar-refractivity contribution in [3.05, 3.63) is 35.4 Å². The quantitative estimate of drug-likeness (QED) is 0.899. The Kier molecular flexibility index (Phi) is 3.78. The van der Waals surface area contributed by atoms with Crippen LogP contribution in [0.5, 0.6) is 0 Å². The first kappa shape index (κ1) is 13.5. The standard InChI is InChI=1S/C13H13F2NO3/c14-10-1-2-11(15)8(5-10)3-4-16-7-9(13(18)19)6-12(16)17/h1-2,5,9H,3-4,6-7H2,(H,18,19). The number of carboxylic acids is 1. The molecule has 0 aliphatic carbocycles. The fraction of sp³-hybridized carbons (Fsp3) is 0.385. The molecule has 1 aromatic rings. The van der Waals surface area contributed by atoms with E-state index in [1.165, 1.54) is 4.90 Å². The highest BCUT2D eigenvalue weighted by molar-refractivity contribution is 5.86. The molecular weight excluding hydrogens is 256 g/mol. The Balaban J connectivity index is 1.97. The lowest BCUT2D eigenvalue weighted by molar-refractivity contribution is -0.141. The molecule has 1 amide bonds. The van der Waals surface area contributed by atoms with E-state index in [4.69, 9.17) is 5.11 Å². The molecule has 1 N–H and O–H groups in total. The van der Waals surface area contributed by atoms with Crippen molar-refractivity contribution in [1.82, 2.24) is 4.90 Å². The number of likely N-dealkylation sites (tertiary alicyclic amines) is 1. The smallest absolute Gasteiger partial charge is 0.308 e. The van der Waals surface area contributed by atoms with Crippen LogP contribution in [0.4, 0.5) is 8.78 Å². The maximum atomic E-state index is 13.4. The van der Waals surface area contributed by atoms with E-state index >= 15 is 0 Å². The highest BCUT2D eigenvalue weighted by Crippen LogP contribution is 2.19. The Morgan fingerprint density at radius 3 is 2.79 bits per heavy atom.